The van der Waals surface area contributed by atoms with Gasteiger partial charge in [0.15, 0.2) is 6.61 Å². The molecule has 0 bridgehead atoms. The molecule has 0 aliphatic rings. The molecule has 4 aromatic rings. The first-order valence-electron chi connectivity index (χ1n) is 9.73. The molecule has 1 N–H and O–H groups in total. The average Bonchev–Trinajstić information content (AvgIpc) is 3.30. The first-order chi connectivity index (χ1) is 15.4. The molecule has 4 rings (SSSR count). The Morgan fingerprint density at radius 3 is 2.53 bits per heavy atom. The van der Waals surface area contributed by atoms with Crippen LogP contribution in [-0.4, -0.2) is 23.5 Å². The molecule has 2 heterocycles. The van der Waals surface area contributed by atoms with E-state index in [9.17, 15) is 18.4 Å². The van der Waals surface area contributed by atoms with Crippen molar-refractivity contribution in [2.75, 3.05) is 6.61 Å². The standard InChI is InChI=1S/C24H18F2N2O3S/c1-14-19(11-16-6-9-18(26)12-20(16)27-14)24(30)31-13-22(29)28-23(21-3-2-10-32-21)15-4-7-17(25)8-5-15/h2-12,23H,13H2,1H3,(H,28,29)/t23-/m0/s1. The Hall–Kier alpha value is -3.65. The van der Waals surface area contributed by atoms with Crippen molar-refractivity contribution >= 4 is 34.1 Å². The summed E-state index contributed by atoms with van der Waals surface area (Å²) < 4.78 is 31.9. The number of nitrogens with zero attached hydrogens (tertiary/aromatic N) is 1. The summed E-state index contributed by atoms with van der Waals surface area (Å²) in [4.78, 5) is 30.2. The van der Waals surface area contributed by atoms with Crippen LogP contribution in [0.15, 0.2) is 66.0 Å². The highest BCUT2D eigenvalue weighted by molar-refractivity contribution is 7.10. The molecule has 1 atom stereocenters. The summed E-state index contributed by atoms with van der Waals surface area (Å²) in [5.41, 5.74) is 1.70. The molecular formula is C24H18F2N2O3S. The van der Waals surface area contributed by atoms with Gasteiger partial charge in [0.2, 0.25) is 0 Å². The fourth-order valence-electron chi connectivity index (χ4n) is 3.28. The van der Waals surface area contributed by atoms with Gasteiger partial charge in [-0.2, -0.15) is 0 Å². The maximum absolute atomic E-state index is 13.4. The summed E-state index contributed by atoms with van der Waals surface area (Å²) in [6.45, 7) is 1.12. The molecule has 0 saturated carbocycles. The van der Waals surface area contributed by atoms with Crippen LogP contribution in [0.5, 0.6) is 0 Å². The first-order valence-corrected chi connectivity index (χ1v) is 10.6. The Labute approximate surface area is 186 Å². The highest BCUT2D eigenvalue weighted by atomic mass is 32.1. The third-order valence-corrected chi connectivity index (χ3v) is 5.80. The molecule has 0 saturated heterocycles. The average molecular weight is 452 g/mol. The van der Waals surface area contributed by atoms with Crippen LogP contribution < -0.4 is 5.32 Å². The van der Waals surface area contributed by atoms with Crippen LogP contribution >= 0.6 is 11.3 Å². The second-order valence-corrected chi connectivity index (χ2v) is 8.08. The summed E-state index contributed by atoms with van der Waals surface area (Å²) in [7, 11) is 0. The van der Waals surface area contributed by atoms with Crippen LogP contribution in [0.1, 0.15) is 32.5 Å². The molecule has 162 valence electrons. The van der Waals surface area contributed by atoms with Crippen molar-refractivity contribution in [3.63, 3.8) is 0 Å². The number of thiophene rings is 1. The van der Waals surface area contributed by atoms with Gasteiger partial charge < -0.3 is 10.1 Å². The fourth-order valence-corrected chi connectivity index (χ4v) is 4.09. The Morgan fingerprint density at radius 2 is 1.81 bits per heavy atom. The van der Waals surface area contributed by atoms with E-state index >= 15 is 0 Å². The van der Waals surface area contributed by atoms with Crippen LogP contribution in [-0.2, 0) is 9.53 Å². The number of hydrogen-bond donors (Lipinski definition) is 1. The van der Waals surface area contributed by atoms with Gasteiger partial charge in [-0.25, -0.2) is 13.6 Å². The second kappa shape index (κ2) is 9.23. The zero-order chi connectivity index (χ0) is 22.7. The second-order valence-electron chi connectivity index (χ2n) is 7.10. The number of pyridine rings is 1. The van der Waals surface area contributed by atoms with Crippen molar-refractivity contribution < 1.29 is 23.1 Å². The molecule has 2 aromatic heterocycles. The Balaban J connectivity index is 1.46. The minimum atomic E-state index is -0.703. The third kappa shape index (κ3) is 4.81. The quantitative estimate of drug-likeness (QED) is 0.421. The number of nitrogens with one attached hydrogen (secondary N) is 1. The van der Waals surface area contributed by atoms with E-state index in [2.05, 4.69) is 10.3 Å². The van der Waals surface area contributed by atoms with E-state index in [1.807, 2.05) is 17.5 Å². The van der Waals surface area contributed by atoms with E-state index in [4.69, 9.17) is 4.74 Å². The molecule has 0 radical (unpaired) electrons. The number of aryl methyl sites for hydroxylation is 1. The number of benzene rings is 2. The minimum Gasteiger partial charge on any atom is -0.452 e. The third-order valence-electron chi connectivity index (χ3n) is 4.86. The summed E-state index contributed by atoms with van der Waals surface area (Å²) in [5, 5.41) is 5.29. The molecule has 0 fully saturated rings. The van der Waals surface area contributed by atoms with E-state index in [-0.39, 0.29) is 11.4 Å². The van der Waals surface area contributed by atoms with Crippen molar-refractivity contribution in [2.24, 2.45) is 0 Å². The molecule has 1 amide bonds. The maximum atomic E-state index is 13.4. The number of fused-ring (bicyclic) bond motifs is 1. The van der Waals surface area contributed by atoms with Crippen molar-refractivity contribution in [3.05, 3.63) is 99.4 Å². The van der Waals surface area contributed by atoms with E-state index in [1.54, 1.807) is 25.1 Å². The largest absolute Gasteiger partial charge is 0.452 e. The van der Waals surface area contributed by atoms with Gasteiger partial charge in [-0.1, -0.05) is 18.2 Å². The molecule has 2 aromatic carbocycles. The first kappa shape index (κ1) is 21.6. The lowest BCUT2D eigenvalue weighted by molar-refractivity contribution is -0.124. The van der Waals surface area contributed by atoms with Crippen molar-refractivity contribution in [3.8, 4) is 0 Å². The molecule has 32 heavy (non-hydrogen) atoms. The van der Waals surface area contributed by atoms with Crippen LogP contribution in [0, 0.1) is 18.6 Å². The van der Waals surface area contributed by atoms with Gasteiger partial charge in [-0.05, 0) is 54.3 Å². The molecule has 8 heteroatoms. The smallest absolute Gasteiger partial charge is 0.340 e. The Bertz CT molecular complexity index is 1270. The number of carbonyl (C=O) groups is 2. The number of carbonyl (C=O) groups excluding carboxylic acids is 2. The van der Waals surface area contributed by atoms with Gasteiger partial charge in [0.05, 0.1) is 22.8 Å². The lowest BCUT2D eigenvalue weighted by Gasteiger charge is -2.18. The highest BCUT2D eigenvalue weighted by Crippen LogP contribution is 2.26. The SMILES string of the molecule is Cc1nc2cc(F)ccc2cc1C(=O)OCC(=O)N[C@@H](c1ccc(F)cc1)c1cccs1. The van der Waals surface area contributed by atoms with E-state index in [1.165, 1.54) is 41.7 Å². The molecule has 5 nitrogen and oxygen atoms in total. The zero-order valence-corrected chi connectivity index (χ0v) is 17.8. The highest BCUT2D eigenvalue weighted by Gasteiger charge is 2.20. The summed E-state index contributed by atoms with van der Waals surface area (Å²) in [5.74, 6) is -2.00. The number of halogens is 2. The maximum Gasteiger partial charge on any atom is 0.340 e. The normalized spacial score (nSPS) is 11.8. The van der Waals surface area contributed by atoms with Gasteiger partial charge in [0.25, 0.3) is 5.91 Å². The van der Waals surface area contributed by atoms with Crippen molar-refractivity contribution in [1.29, 1.82) is 0 Å². The summed E-state index contributed by atoms with van der Waals surface area (Å²) in [6, 6.07) is 14.7. The van der Waals surface area contributed by atoms with E-state index < -0.39 is 30.3 Å². The van der Waals surface area contributed by atoms with Crippen LogP contribution in [0.2, 0.25) is 0 Å². The van der Waals surface area contributed by atoms with Gasteiger partial charge in [0.1, 0.15) is 11.6 Å². The fraction of sp³-hybridized carbons (Fsp3) is 0.125. The number of amides is 1. The van der Waals surface area contributed by atoms with Crippen LogP contribution in [0.25, 0.3) is 10.9 Å². The number of ether oxygens (including phenoxy) is 1. The predicted octanol–water partition coefficient (Wildman–Crippen LogP) is 4.95. The molecule has 0 spiro atoms. The number of esters is 1. The van der Waals surface area contributed by atoms with E-state index in [0.29, 0.717) is 22.2 Å². The number of hydrogen-bond acceptors (Lipinski definition) is 5. The molecular weight excluding hydrogens is 434 g/mol. The van der Waals surface area contributed by atoms with Gasteiger partial charge in [-0.3, -0.25) is 9.78 Å². The minimum absolute atomic E-state index is 0.199. The summed E-state index contributed by atoms with van der Waals surface area (Å²) in [6.07, 6.45) is 0. The zero-order valence-electron chi connectivity index (χ0n) is 17.0. The number of aromatic nitrogens is 1. The lowest BCUT2D eigenvalue weighted by atomic mass is 10.1. The molecule has 0 aliphatic carbocycles. The van der Waals surface area contributed by atoms with Crippen molar-refractivity contribution in [2.45, 2.75) is 13.0 Å². The number of rotatable bonds is 6. The van der Waals surface area contributed by atoms with E-state index in [0.717, 1.165) is 4.88 Å². The Kier molecular flexibility index (Phi) is 6.23. The predicted molar refractivity (Wildman–Crippen MR) is 117 cm³/mol. The molecule has 0 aliphatic heterocycles. The molecule has 0 unspecified atom stereocenters. The monoisotopic (exact) mass is 452 g/mol. The lowest BCUT2D eigenvalue weighted by Crippen LogP contribution is -2.32. The topological polar surface area (TPSA) is 68.3 Å². The van der Waals surface area contributed by atoms with Crippen LogP contribution in [0.4, 0.5) is 8.78 Å². The Morgan fingerprint density at radius 1 is 1.06 bits per heavy atom. The van der Waals surface area contributed by atoms with Crippen LogP contribution in [0.3, 0.4) is 0 Å². The van der Waals surface area contributed by atoms with Gasteiger partial charge in [-0.15, -0.1) is 11.3 Å². The van der Waals surface area contributed by atoms with Crippen molar-refractivity contribution in [1.82, 2.24) is 10.3 Å². The van der Waals surface area contributed by atoms with Gasteiger partial charge in [0, 0.05) is 16.3 Å². The van der Waals surface area contributed by atoms with Gasteiger partial charge >= 0.3 is 5.97 Å². The summed E-state index contributed by atoms with van der Waals surface area (Å²) >= 11 is 1.45.